The summed E-state index contributed by atoms with van der Waals surface area (Å²) in [5, 5.41) is 0. The Labute approximate surface area is 310 Å². The van der Waals surface area contributed by atoms with Crippen molar-refractivity contribution in [2.45, 2.75) is 252 Å². The van der Waals surface area contributed by atoms with Gasteiger partial charge < -0.3 is 14.2 Å². The van der Waals surface area contributed by atoms with Gasteiger partial charge in [-0.2, -0.15) is 0 Å². The molecule has 0 fully saturated rings. The van der Waals surface area contributed by atoms with Crippen LogP contribution in [-0.4, -0.2) is 37.2 Å². The van der Waals surface area contributed by atoms with Crippen LogP contribution in [0.4, 0.5) is 0 Å². The molecule has 6 nitrogen and oxygen atoms in total. The van der Waals surface area contributed by atoms with Crippen LogP contribution in [0.1, 0.15) is 245 Å². The third-order valence-corrected chi connectivity index (χ3v) is 9.86. The summed E-state index contributed by atoms with van der Waals surface area (Å²) in [7, 11) is 0. The van der Waals surface area contributed by atoms with E-state index in [0.29, 0.717) is 19.3 Å². The highest BCUT2D eigenvalue weighted by Gasteiger charge is 2.19. The lowest BCUT2D eigenvalue weighted by Crippen LogP contribution is -2.30. The quantitative estimate of drug-likeness (QED) is 0.0358. The van der Waals surface area contributed by atoms with Crippen LogP contribution in [0.25, 0.3) is 0 Å². The summed E-state index contributed by atoms with van der Waals surface area (Å²) < 4.78 is 16.6. The summed E-state index contributed by atoms with van der Waals surface area (Å²) in [5.41, 5.74) is 0. The van der Waals surface area contributed by atoms with E-state index in [4.69, 9.17) is 14.2 Å². The number of ether oxygens (including phenoxy) is 3. The zero-order valence-corrected chi connectivity index (χ0v) is 33.7. The van der Waals surface area contributed by atoms with E-state index >= 15 is 0 Å². The maximum Gasteiger partial charge on any atom is 0.306 e. The number of carbonyl (C=O) groups excluding carboxylic acids is 3. The number of rotatable bonds is 40. The fourth-order valence-corrected chi connectivity index (χ4v) is 6.50. The first-order chi connectivity index (χ1) is 24.5. The summed E-state index contributed by atoms with van der Waals surface area (Å²) in [6.45, 7) is 6.57. The largest absolute Gasteiger partial charge is 0.462 e. The molecule has 0 rings (SSSR count). The molecule has 0 N–H and O–H groups in total. The first-order valence-corrected chi connectivity index (χ1v) is 22.0. The van der Waals surface area contributed by atoms with Crippen molar-refractivity contribution in [1.29, 1.82) is 0 Å². The highest BCUT2D eigenvalue weighted by Crippen LogP contribution is 2.16. The Bertz CT molecular complexity index is 738. The maximum absolute atomic E-state index is 12.6. The van der Waals surface area contributed by atoms with Crippen LogP contribution >= 0.6 is 0 Å². The van der Waals surface area contributed by atoms with E-state index in [1.807, 2.05) is 0 Å². The monoisotopic (exact) mass is 709 g/mol. The molecule has 1 atom stereocenters. The summed E-state index contributed by atoms with van der Waals surface area (Å²) in [6.07, 6.45) is 39.7. The van der Waals surface area contributed by atoms with Gasteiger partial charge in [0.2, 0.25) is 0 Å². The molecule has 0 aliphatic rings. The Morgan fingerprint density at radius 3 is 0.800 bits per heavy atom. The number of hydrogen-bond acceptors (Lipinski definition) is 6. The molecular formula is C44H84O6. The Morgan fingerprint density at radius 1 is 0.320 bits per heavy atom. The summed E-state index contributed by atoms with van der Waals surface area (Å²) in [4.78, 5) is 37.4. The summed E-state index contributed by atoms with van der Waals surface area (Å²) in [6, 6.07) is 0. The zero-order chi connectivity index (χ0) is 36.6. The molecule has 0 spiro atoms. The Morgan fingerprint density at radius 2 is 0.540 bits per heavy atom. The average molecular weight is 709 g/mol. The minimum absolute atomic E-state index is 0.0640. The van der Waals surface area contributed by atoms with Gasteiger partial charge in [-0.3, -0.25) is 14.4 Å². The number of hydrogen-bond donors (Lipinski definition) is 0. The fourth-order valence-electron chi connectivity index (χ4n) is 6.50. The molecule has 0 unspecified atom stereocenters. The van der Waals surface area contributed by atoms with E-state index in [1.165, 1.54) is 141 Å². The molecule has 0 bridgehead atoms. The molecule has 0 saturated heterocycles. The number of unbranched alkanes of at least 4 members (excludes halogenated alkanes) is 29. The minimum Gasteiger partial charge on any atom is -0.462 e. The average Bonchev–Trinajstić information content (AvgIpc) is 3.11. The van der Waals surface area contributed by atoms with E-state index in [1.54, 1.807) is 0 Å². The molecule has 296 valence electrons. The second-order valence-corrected chi connectivity index (χ2v) is 15.0. The van der Waals surface area contributed by atoms with Gasteiger partial charge in [-0.05, 0) is 19.3 Å². The smallest absolute Gasteiger partial charge is 0.306 e. The number of esters is 3. The van der Waals surface area contributed by atoms with Gasteiger partial charge in [0.25, 0.3) is 0 Å². The second kappa shape index (κ2) is 40.2. The van der Waals surface area contributed by atoms with Crippen molar-refractivity contribution in [3.63, 3.8) is 0 Å². The van der Waals surface area contributed by atoms with Crippen molar-refractivity contribution < 1.29 is 28.6 Å². The maximum atomic E-state index is 12.6. The van der Waals surface area contributed by atoms with Crippen LogP contribution in [0.15, 0.2) is 0 Å². The molecule has 0 aromatic rings. The van der Waals surface area contributed by atoms with Gasteiger partial charge in [-0.15, -0.1) is 0 Å². The molecule has 0 aromatic heterocycles. The third-order valence-electron chi connectivity index (χ3n) is 9.86. The number of carbonyl (C=O) groups is 3. The van der Waals surface area contributed by atoms with Crippen molar-refractivity contribution in [1.82, 2.24) is 0 Å². The van der Waals surface area contributed by atoms with Crippen LogP contribution in [-0.2, 0) is 28.6 Å². The lowest BCUT2D eigenvalue weighted by Gasteiger charge is -2.18. The van der Waals surface area contributed by atoms with E-state index < -0.39 is 6.10 Å². The van der Waals surface area contributed by atoms with E-state index in [9.17, 15) is 14.4 Å². The van der Waals surface area contributed by atoms with Crippen LogP contribution in [0, 0.1) is 0 Å². The molecule has 0 amide bonds. The van der Waals surface area contributed by atoms with Crippen molar-refractivity contribution in [3.05, 3.63) is 0 Å². The first-order valence-electron chi connectivity index (χ1n) is 22.0. The molecule has 0 heterocycles. The van der Waals surface area contributed by atoms with Crippen LogP contribution < -0.4 is 0 Å². The fraction of sp³-hybridized carbons (Fsp3) is 0.932. The highest BCUT2D eigenvalue weighted by molar-refractivity contribution is 5.71. The van der Waals surface area contributed by atoms with Crippen molar-refractivity contribution >= 4 is 17.9 Å². The van der Waals surface area contributed by atoms with Gasteiger partial charge in [0, 0.05) is 19.3 Å². The second-order valence-electron chi connectivity index (χ2n) is 15.0. The van der Waals surface area contributed by atoms with Gasteiger partial charge in [-0.25, -0.2) is 0 Å². The third kappa shape index (κ3) is 37.7. The molecule has 0 aliphatic carbocycles. The van der Waals surface area contributed by atoms with E-state index in [-0.39, 0.29) is 31.1 Å². The summed E-state index contributed by atoms with van der Waals surface area (Å²) >= 11 is 0. The highest BCUT2D eigenvalue weighted by atomic mass is 16.6. The molecule has 50 heavy (non-hydrogen) atoms. The van der Waals surface area contributed by atoms with Crippen LogP contribution in [0.5, 0.6) is 0 Å². The normalized spacial score (nSPS) is 11.8. The van der Waals surface area contributed by atoms with Gasteiger partial charge in [0.05, 0.1) is 0 Å². The molecular weight excluding hydrogens is 624 g/mol. The van der Waals surface area contributed by atoms with Crippen molar-refractivity contribution in [2.24, 2.45) is 0 Å². The lowest BCUT2D eigenvalue weighted by molar-refractivity contribution is -0.167. The Balaban J connectivity index is 4.19. The van der Waals surface area contributed by atoms with Crippen LogP contribution in [0.3, 0.4) is 0 Å². The molecule has 6 heteroatoms. The van der Waals surface area contributed by atoms with E-state index in [2.05, 4.69) is 20.8 Å². The standard InChI is InChI=1S/C44H84O6/c1-4-7-10-13-15-17-19-21-22-23-25-27-29-32-35-38-44(47)50-41(39-48-42(45)36-33-30-12-9-6-3)40-49-43(46)37-34-31-28-26-24-20-18-16-14-11-8-5-2/h41H,4-40H2,1-3H3/t41-/m1/s1. The topological polar surface area (TPSA) is 78.9 Å². The van der Waals surface area contributed by atoms with Gasteiger partial charge in [0.1, 0.15) is 13.2 Å². The Kier molecular flexibility index (Phi) is 38.9. The summed E-state index contributed by atoms with van der Waals surface area (Å²) in [5.74, 6) is -0.868. The first kappa shape index (κ1) is 48.4. The minimum atomic E-state index is -0.756. The zero-order valence-electron chi connectivity index (χ0n) is 33.7. The SMILES string of the molecule is CCCCCCCCCCCCCCCCCC(=O)O[C@H](COC(=O)CCCCCCC)COC(=O)CCCCCCCCCCCCCC. The predicted molar refractivity (Wildman–Crippen MR) is 210 cm³/mol. The predicted octanol–water partition coefficient (Wildman–Crippen LogP) is 13.7. The molecule has 0 saturated carbocycles. The van der Waals surface area contributed by atoms with Gasteiger partial charge in [0.15, 0.2) is 6.10 Å². The Hall–Kier alpha value is -1.59. The van der Waals surface area contributed by atoms with Crippen molar-refractivity contribution in [2.75, 3.05) is 13.2 Å². The van der Waals surface area contributed by atoms with Crippen molar-refractivity contribution in [3.8, 4) is 0 Å². The van der Waals surface area contributed by atoms with E-state index in [0.717, 1.165) is 64.2 Å². The molecule has 0 aliphatic heterocycles. The molecule has 0 radical (unpaired) electrons. The van der Waals surface area contributed by atoms with Gasteiger partial charge in [-0.1, -0.05) is 207 Å². The van der Waals surface area contributed by atoms with Crippen LogP contribution in [0.2, 0.25) is 0 Å². The van der Waals surface area contributed by atoms with Gasteiger partial charge >= 0.3 is 17.9 Å². The molecule has 0 aromatic carbocycles. The lowest BCUT2D eigenvalue weighted by atomic mass is 10.0.